The van der Waals surface area contributed by atoms with E-state index in [1.165, 1.54) is 5.56 Å². The predicted octanol–water partition coefficient (Wildman–Crippen LogP) is 1.29. The quantitative estimate of drug-likeness (QED) is 0.755. The maximum atomic E-state index is 11.7. The van der Waals surface area contributed by atoms with Gasteiger partial charge >= 0.3 is 5.91 Å². The third-order valence-corrected chi connectivity index (χ3v) is 4.43. The number of methoxy groups -OCH3 is 2. The van der Waals surface area contributed by atoms with Gasteiger partial charge in [0.25, 0.3) is 5.04 Å². The predicted molar refractivity (Wildman–Crippen MR) is 70.0 cm³/mol. The number of amides is 1. The van der Waals surface area contributed by atoms with Gasteiger partial charge in [-0.25, -0.2) is 4.79 Å². The molecule has 1 aromatic carbocycles. The molecule has 0 aliphatic carbocycles. The second-order valence-electron chi connectivity index (χ2n) is 4.25. The molecule has 0 atom stereocenters. The molecule has 0 aromatic heterocycles. The fourth-order valence-corrected chi connectivity index (χ4v) is 3.52. The van der Waals surface area contributed by atoms with Gasteiger partial charge in [-0.1, -0.05) is 0 Å². The number of nitrogens with zero attached hydrogens (tertiary/aromatic N) is 1. The van der Waals surface area contributed by atoms with E-state index < -0.39 is 0 Å². The average Bonchev–Trinajstić information content (AvgIpc) is 2.79. The monoisotopic (exact) mass is 264 g/mol. The average molecular weight is 264 g/mol. The van der Waals surface area contributed by atoms with Crippen LogP contribution < -0.4 is 9.47 Å². The van der Waals surface area contributed by atoms with Crippen molar-refractivity contribution in [2.45, 2.75) is 6.42 Å². The zero-order valence-corrected chi connectivity index (χ0v) is 11.2. The van der Waals surface area contributed by atoms with Crippen LogP contribution in [0.15, 0.2) is 12.1 Å². The van der Waals surface area contributed by atoms with Crippen LogP contribution in [0.4, 0.5) is 0 Å². The Hall–Kier alpha value is -1.49. The van der Waals surface area contributed by atoms with Gasteiger partial charge in [-0.2, -0.15) is 4.58 Å². The standard InChI is InChI=1S/C13H14NO3S/c1-16-10-5-8-3-4-14-12(15)7-18-13(14)9(8)6-11(10)17-2/h5-6H,3-4,7H2,1-2H3/q+1. The third-order valence-electron chi connectivity index (χ3n) is 3.32. The summed E-state index contributed by atoms with van der Waals surface area (Å²) in [6.45, 7) is 0.768. The van der Waals surface area contributed by atoms with Crippen molar-refractivity contribution in [2.75, 3.05) is 26.5 Å². The first-order valence-corrected chi connectivity index (χ1v) is 6.78. The number of hydrogen-bond donors (Lipinski definition) is 0. The van der Waals surface area contributed by atoms with Crippen molar-refractivity contribution >= 4 is 22.7 Å². The molecule has 0 fully saturated rings. The number of carbonyl (C=O) groups excluding carboxylic acids is 1. The van der Waals surface area contributed by atoms with Crippen molar-refractivity contribution in [2.24, 2.45) is 0 Å². The Balaban J connectivity index is 2.16. The van der Waals surface area contributed by atoms with Crippen LogP contribution in [0, 0.1) is 0 Å². The van der Waals surface area contributed by atoms with Crippen LogP contribution in [0.3, 0.4) is 0 Å². The van der Waals surface area contributed by atoms with Gasteiger partial charge < -0.3 is 9.47 Å². The number of benzene rings is 1. The highest BCUT2D eigenvalue weighted by atomic mass is 32.2. The summed E-state index contributed by atoms with van der Waals surface area (Å²) in [6, 6.07) is 3.99. The maximum Gasteiger partial charge on any atom is 0.398 e. The lowest BCUT2D eigenvalue weighted by molar-refractivity contribution is -0.442. The van der Waals surface area contributed by atoms with Crippen LogP contribution in [0.25, 0.3) is 0 Å². The van der Waals surface area contributed by atoms with Crippen LogP contribution in [0.1, 0.15) is 11.1 Å². The molecule has 1 aromatic rings. The number of ether oxygens (including phenoxy) is 2. The number of rotatable bonds is 2. The molecule has 0 saturated heterocycles. The fourth-order valence-electron chi connectivity index (χ4n) is 2.41. The lowest BCUT2D eigenvalue weighted by Crippen LogP contribution is -2.28. The van der Waals surface area contributed by atoms with Gasteiger partial charge in [0, 0.05) is 6.42 Å². The first-order valence-electron chi connectivity index (χ1n) is 5.80. The highest BCUT2D eigenvalue weighted by Gasteiger charge is 2.38. The van der Waals surface area contributed by atoms with E-state index >= 15 is 0 Å². The summed E-state index contributed by atoms with van der Waals surface area (Å²) in [5.41, 5.74) is 2.33. The van der Waals surface area contributed by atoms with E-state index in [0.29, 0.717) is 11.5 Å². The van der Waals surface area contributed by atoms with Crippen LogP contribution in [0.5, 0.6) is 11.5 Å². The maximum absolute atomic E-state index is 11.7. The molecule has 3 rings (SSSR count). The van der Waals surface area contributed by atoms with Gasteiger partial charge in [-0.3, -0.25) is 0 Å². The van der Waals surface area contributed by atoms with Gasteiger partial charge in [0.2, 0.25) is 0 Å². The molecule has 18 heavy (non-hydrogen) atoms. The van der Waals surface area contributed by atoms with Gasteiger partial charge in [-0.05, 0) is 29.5 Å². The second kappa shape index (κ2) is 4.31. The Labute approximate surface area is 110 Å². The Morgan fingerprint density at radius 3 is 2.67 bits per heavy atom. The Morgan fingerprint density at radius 1 is 1.22 bits per heavy atom. The topological polar surface area (TPSA) is 38.5 Å². The van der Waals surface area contributed by atoms with Crippen LogP contribution in [-0.4, -0.2) is 42.0 Å². The minimum atomic E-state index is 0.204. The van der Waals surface area contributed by atoms with Gasteiger partial charge in [0.1, 0.15) is 5.75 Å². The molecule has 0 N–H and O–H groups in total. The minimum Gasteiger partial charge on any atom is -0.493 e. The van der Waals surface area contributed by atoms with Crippen molar-refractivity contribution in [1.82, 2.24) is 0 Å². The van der Waals surface area contributed by atoms with E-state index in [-0.39, 0.29) is 5.91 Å². The van der Waals surface area contributed by atoms with Crippen LogP contribution >= 0.6 is 11.8 Å². The molecule has 0 spiro atoms. The summed E-state index contributed by atoms with van der Waals surface area (Å²) in [4.78, 5) is 11.7. The molecule has 2 aliphatic rings. The molecule has 5 heteroatoms. The molecule has 0 saturated carbocycles. The summed E-state index contributed by atoms with van der Waals surface area (Å²) in [5.74, 6) is 2.21. The number of hydrogen-bond acceptors (Lipinski definition) is 4. The summed E-state index contributed by atoms with van der Waals surface area (Å²) >= 11 is 1.61. The van der Waals surface area contributed by atoms with E-state index in [0.717, 1.165) is 29.3 Å². The van der Waals surface area contributed by atoms with E-state index in [2.05, 4.69) is 0 Å². The van der Waals surface area contributed by atoms with Gasteiger partial charge in [0.05, 0.1) is 19.8 Å². The number of fused-ring (bicyclic) bond motifs is 2. The zero-order valence-electron chi connectivity index (χ0n) is 10.4. The number of thioether (sulfide) groups is 1. The Morgan fingerprint density at radius 2 is 1.94 bits per heavy atom. The zero-order chi connectivity index (χ0) is 12.7. The van der Waals surface area contributed by atoms with E-state index in [1.54, 1.807) is 26.0 Å². The van der Waals surface area contributed by atoms with E-state index in [9.17, 15) is 4.79 Å². The smallest absolute Gasteiger partial charge is 0.398 e. The molecule has 94 valence electrons. The largest absolute Gasteiger partial charge is 0.493 e. The molecule has 0 bridgehead atoms. The summed E-state index contributed by atoms with van der Waals surface area (Å²) in [7, 11) is 3.27. The molecular formula is C13H14NO3S+. The molecule has 0 radical (unpaired) electrons. The highest BCUT2D eigenvalue weighted by molar-refractivity contribution is 8.15. The van der Waals surface area contributed by atoms with E-state index in [4.69, 9.17) is 9.47 Å². The van der Waals surface area contributed by atoms with Gasteiger partial charge in [0.15, 0.2) is 18.0 Å². The van der Waals surface area contributed by atoms with E-state index in [1.807, 2.05) is 16.7 Å². The van der Waals surface area contributed by atoms with Gasteiger partial charge in [-0.15, -0.1) is 0 Å². The SMILES string of the molecule is COc1cc2c(cc1OC)C1=[N+](CC2)C(=O)CS1. The van der Waals surface area contributed by atoms with Crippen LogP contribution in [0.2, 0.25) is 0 Å². The lowest BCUT2D eigenvalue weighted by atomic mass is 10.0. The lowest BCUT2D eigenvalue weighted by Gasteiger charge is -2.15. The Bertz CT molecular complexity index is 566. The fraction of sp³-hybridized carbons (Fsp3) is 0.385. The molecule has 0 unspecified atom stereocenters. The summed E-state index contributed by atoms with van der Waals surface area (Å²) in [6.07, 6.45) is 0.867. The summed E-state index contributed by atoms with van der Waals surface area (Å²) < 4.78 is 12.5. The normalized spacial score (nSPS) is 17.6. The van der Waals surface area contributed by atoms with Crippen molar-refractivity contribution < 1.29 is 18.8 Å². The summed E-state index contributed by atoms with van der Waals surface area (Å²) in [5, 5.41) is 1.06. The molecular weight excluding hydrogens is 250 g/mol. The van der Waals surface area contributed by atoms with Crippen molar-refractivity contribution in [1.29, 1.82) is 0 Å². The molecule has 1 amide bonds. The first kappa shape index (κ1) is 11.6. The van der Waals surface area contributed by atoms with Crippen LogP contribution in [-0.2, 0) is 11.2 Å². The minimum absolute atomic E-state index is 0.204. The first-order chi connectivity index (χ1) is 8.74. The molecule has 2 aliphatic heterocycles. The van der Waals surface area contributed by atoms with Crippen molar-refractivity contribution in [3.05, 3.63) is 23.3 Å². The third kappa shape index (κ3) is 1.61. The molecule has 4 nitrogen and oxygen atoms in total. The molecule has 2 heterocycles. The van der Waals surface area contributed by atoms with Crippen molar-refractivity contribution in [3.63, 3.8) is 0 Å². The van der Waals surface area contributed by atoms with Crippen molar-refractivity contribution in [3.8, 4) is 11.5 Å². The Kier molecular flexibility index (Phi) is 2.78. The highest BCUT2D eigenvalue weighted by Crippen LogP contribution is 2.35. The second-order valence-corrected chi connectivity index (χ2v) is 5.22. The number of carbonyl (C=O) groups is 1.